The number of nitrogens with zero attached hydrogens (tertiary/aromatic N) is 1. The summed E-state index contributed by atoms with van der Waals surface area (Å²) >= 11 is 0. The first kappa shape index (κ1) is 11.4. The van der Waals surface area contributed by atoms with Crippen LogP contribution in [-0.4, -0.2) is 17.1 Å². The zero-order chi connectivity index (χ0) is 12.7. The topological polar surface area (TPSA) is 24.9 Å². The first-order chi connectivity index (χ1) is 9.37. The van der Waals surface area contributed by atoms with Gasteiger partial charge in [-0.1, -0.05) is 24.3 Å². The number of aryl methyl sites for hydroxylation is 1. The van der Waals surface area contributed by atoms with E-state index < -0.39 is 0 Å². The Kier molecular flexibility index (Phi) is 2.77. The molecule has 2 nitrogen and oxygen atoms in total. The van der Waals surface area contributed by atoms with Crippen LogP contribution >= 0.6 is 0 Å². The number of aromatic nitrogens is 1. The second-order valence-electron chi connectivity index (χ2n) is 6.20. The highest BCUT2D eigenvalue weighted by atomic mass is 15.0. The number of fused-ring (bicyclic) bond motifs is 3. The largest absolute Gasteiger partial charge is 0.311 e. The second-order valence-corrected chi connectivity index (χ2v) is 6.20. The lowest BCUT2D eigenvalue weighted by molar-refractivity contribution is 0.113. The standard InChI is InChI=1S/C17H20N2/c1-2-4-14-11-18-15(10-13(14)3-1)5-6-16-7-12-8-17(9-12)19-16/h1-4,10-12,16-17,19H,5-9H2. The van der Waals surface area contributed by atoms with Gasteiger partial charge in [0.15, 0.2) is 0 Å². The summed E-state index contributed by atoms with van der Waals surface area (Å²) in [5, 5.41) is 6.31. The second kappa shape index (κ2) is 4.61. The van der Waals surface area contributed by atoms with Crippen LogP contribution in [0.1, 0.15) is 31.4 Å². The predicted octanol–water partition coefficient (Wildman–Crippen LogP) is 3.31. The number of pyridine rings is 1. The van der Waals surface area contributed by atoms with Crippen molar-refractivity contribution in [2.75, 3.05) is 0 Å². The number of nitrogens with one attached hydrogen (secondary N) is 1. The van der Waals surface area contributed by atoms with Gasteiger partial charge in [-0.25, -0.2) is 0 Å². The molecule has 2 aromatic rings. The minimum atomic E-state index is 0.728. The van der Waals surface area contributed by atoms with Crippen LogP contribution in [0.15, 0.2) is 36.5 Å². The molecule has 1 saturated carbocycles. The van der Waals surface area contributed by atoms with Crippen LogP contribution in [0.25, 0.3) is 10.8 Å². The minimum absolute atomic E-state index is 0.728. The average molecular weight is 252 g/mol. The van der Waals surface area contributed by atoms with Crippen LogP contribution < -0.4 is 5.32 Å². The number of hydrogen-bond donors (Lipinski definition) is 1. The number of piperidine rings is 2. The molecule has 2 aliphatic heterocycles. The van der Waals surface area contributed by atoms with Crippen molar-refractivity contribution < 1.29 is 0 Å². The summed E-state index contributed by atoms with van der Waals surface area (Å²) in [6.45, 7) is 0. The Bertz CT molecular complexity index is 577. The average Bonchev–Trinajstić information content (AvgIpc) is 2.44. The molecule has 3 fully saturated rings. The molecular formula is C17H20N2. The molecule has 2 saturated heterocycles. The molecule has 3 aliphatic rings. The highest BCUT2D eigenvalue weighted by Crippen LogP contribution is 2.37. The monoisotopic (exact) mass is 252 g/mol. The lowest BCUT2D eigenvalue weighted by Gasteiger charge is -2.46. The van der Waals surface area contributed by atoms with Crippen molar-refractivity contribution in [2.24, 2.45) is 5.92 Å². The van der Waals surface area contributed by atoms with E-state index in [2.05, 4.69) is 40.6 Å². The summed E-state index contributed by atoms with van der Waals surface area (Å²) < 4.78 is 0. The Balaban J connectivity index is 1.43. The van der Waals surface area contributed by atoms with Gasteiger partial charge in [0.1, 0.15) is 0 Å². The molecule has 0 spiro atoms. The van der Waals surface area contributed by atoms with Crippen molar-refractivity contribution in [3.05, 3.63) is 42.2 Å². The van der Waals surface area contributed by atoms with Crippen molar-refractivity contribution in [3.63, 3.8) is 0 Å². The van der Waals surface area contributed by atoms with E-state index in [1.165, 1.54) is 42.1 Å². The molecule has 5 rings (SSSR count). The van der Waals surface area contributed by atoms with E-state index in [4.69, 9.17) is 0 Å². The number of benzene rings is 1. The van der Waals surface area contributed by atoms with Gasteiger partial charge in [0.25, 0.3) is 0 Å². The summed E-state index contributed by atoms with van der Waals surface area (Å²) in [7, 11) is 0. The van der Waals surface area contributed by atoms with E-state index in [-0.39, 0.29) is 0 Å². The van der Waals surface area contributed by atoms with Crippen LogP contribution in [-0.2, 0) is 6.42 Å². The fourth-order valence-electron chi connectivity index (χ4n) is 3.66. The molecular weight excluding hydrogens is 232 g/mol. The molecule has 3 heterocycles. The zero-order valence-corrected chi connectivity index (χ0v) is 11.2. The molecule has 1 atom stereocenters. The maximum Gasteiger partial charge on any atom is 0.0410 e. The third kappa shape index (κ3) is 2.25. The fourth-order valence-corrected chi connectivity index (χ4v) is 3.66. The highest BCUT2D eigenvalue weighted by Gasteiger charge is 2.37. The Morgan fingerprint density at radius 3 is 2.74 bits per heavy atom. The van der Waals surface area contributed by atoms with Gasteiger partial charge in [0, 0.05) is 29.4 Å². The van der Waals surface area contributed by atoms with Crippen molar-refractivity contribution in [3.8, 4) is 0 Å². The molecule has 1 N–H and O–H groups in total. The highest BCUT2D eigenvalue weighted by molar-refractivity contribution is 5.81. The maximum absolute atomic E-state index is 4.59. The summed E-state index contributed by atoms with van der Waals surface area (Å²) in [6, 6.07) is 12.3. The Labute approximate surface area is 114 Å². The fraction of sp³-hybridized carbons (Fsp3) is 0.471. The van der Waals surface area contributed by atoms with Crippen LogP contribution in [0.4, 0.5) is 0 Å². The van der Waals surface area contributed by atoms with Crippen molar-refractivity contribution >= 4 is 10.8 Å². The number of hydrogen-bond acceptors (Lipinski definition) is 2. The Morgan fingerprint density at radius 2 is 1.95 bits per heavy atom. The summed E-state index contributed by atoms with van der Waals surface area (Å²) in [6.07, 6.45) is 8.57. The first-order valence-electron chi connectivity index (χ1n) is 7.46. The summed E-state index contributed by atoms with van der Waals surface area (Å²) in [5.74, 6) is 1.01. The smallest absolute Gasteiger partial charge is 0.0410 e. The van der Waals surface area contributed by atoms with E-state index in [0.717, 1.165) is 24.4 Å². The van der Waals surface area contributed by atoms with Crippen LogP contribution in [0.3, 0.4) is 0 Å². The Hall–Kier alpha value is -1.41. The molecule has 2 bridgehead atoms. The van der Waals surface area contributed by atoms with Gasteiger partial charge in [-0.15, -0.1) is 0 Å². The van der Waals surface area contributed by atoms with Crippen LogP contribution in [0.2, 0.25) is 0 Å². The maximum atomic E-state index is 4.59. The molecule has 1 aliphatic carbocycles. The van der Waals surface area contributed by atoms with Gasteiger partial charge >= 0.3 is 0 Å². The van der Waals surface area contributed by atoms with Gasteiger partial charge in [0.05, 0.1) is 0 Å². The van der Waals surface area contributed by atoms with Crippen molar-refractivity contribution in [1.82, 2.24) is 10.3 Å². The first-order valence-corrected chi connectivity index (χ1v) is 7.46. The Morgan fingerprint density at radius 1 is 1.11 bits per heavy atom. The quantitative estimate of drug-likeness (QED) is 0.906. The van der Waals surface area contributed by atoms with Crippen molar-refractivity contribution in [1.29, 1.82) is 0 Å². The van der Waals surface area contributed by atoms with Gasteiger partial charge in [-0.2, -0.15) is 0 Å². The lowest BCUT2D eigenvalue weighted by atomic mass is 9.71. The van der Waals surface area contributed by atoms with E-state index >= 15 is 0 Å². The minimum Gasteiger partial charge on any atom is -0.311 e. The molecule has 98 valence electrons. The SMILES string of the molecule is c1ccc2cc(CCC3CC4CC(C4)N3)ncc2c1. The van der Waals surface area contributed by atoms with E-state index in [9.17, 15) is 0 Å². The molecule has 0 radical (unpaired) electrons. The van der Waals surface area contributed by atoms with E-state index in [1.807, 2.05) is 6.20 Å². The molecule has 1 aromatic carbocycles. The molecule has 2 heteroatoms. The van der Waals surface area contributed by atoms with E-state index in [1.54, 1.807) is 0 Å². The molecule has 1 unspecified atom stereocenters. The van der Waals surface area contributed by atoms with Crippen molar-refractivity contribution in [2.45, 2.75) is 44.2 Å². The van der Waals surface area contributed by atoms with E-state index in [0.29, 0.717) is 0 Å². The zero-order valence-electron chi connectivity index (χ0n) is 11.2. The summed E-state index contributed by atoms with van der Waals surface area (Å²) in [4.78, 5) is 4.59. The molecule has 0 amide bonds. The normalized spacial score (nSPS) is 29.2. The summed E-state index contributed by atoms with van der Waals surface area (Å²) in [5.41, 5.74) is 1.24. The van der Waals surface area contributed by atoms with Crippen LogP contribution in [0, 0.1) is 5.92 Å². The third-order valence-corrected chi connectivity index (χ3v) is 4.76. The number of rotatable bonds is 3. The predicted molar refractivity (Wildman–Crippen MR) is 78.1 cm³/mol. The van der Waals surface area contributed by atoms with Gasteiger partial charge in [0.2, 0.25) is 0 Å². The molecule has 19 heavy (non-hydrogen) atoms. The van der Waals surface area contributed by atoms with Gasteiger partial charge in [-0.3, -0.25) is 4.98 Å². The van der Waals surface area contributed by atoms with Crippen LogP contribution in [0.5, 0.6) is 0 Å². The van der Waals surface area contributed by atoms with Gasteiger partial charge < -0.3 is 5.32 Å². The van der Waals surface area contributed by atoms with Gasteiger partial charge in [-0.05, 0) is 49.5 Å². The lowest BCUT2D eigenvalue weighted by Crippen LogP contribution is -2.54. The third-order valence-electron chi connectivity index (χ3n) is 4.76. The molecule has 1 aromatic heterocycles.